The smallest absolute Gasteiger partial charge is 0.261 e. The predicted octanol–water partition coefficient (Wildman–Crippen LogP) is 3.18. The lowest BCUT2D eigenvalue weighted by Crippen LogP contribution is -2.29. The van der Waals surface area contributed by atoms with E-state index in [4.69, 9.17) is 0 Å². The van der Waals surface area contributed by atoms with E-state index in [0.29, 0.717) is 23.1 Å². The van der Waals surface area contributed by atoms with E-state index in [0.717, 1.165) is 18.5 Å². The highest BCUT2D eigenvalue weighted by Crippen LogP contribution is 2.56. The average molecular weight is 373 g/mol. The molecule has 0 saturated heterocycles. The van der Waals surface area contributed by atoms with Crippen molar-refractivity contribution >= 4 is 34.1 Å². The Morgan fingerprint density at radius 1 is 1.14 bits per heavy atom. The van der Waals surface area contributed by atoms with E-state index in [1.54, 1.807) is 30.0 Å². The summed E-state index contributed by atoms with van der Waals surface area (Å²) >= 11 is 0. The Morgan fingerprint density at radius 3 is 2.68 bits per heavy atom. The van der Waals surface area contributed by atoms with Crippen molar-refractivity contribution in [2.24, 2.45) is 0 Å². The lowest BCUT2D eigenvalue weighted by molar-refractivity contribution is -0.116. The van der Waals surface area contributed by atoms with Crippen molar-refractivity contribution < 1.29 is 9.59 Å². The van der Waals surface area contributed by atoms with Crippen molar-refractivity contribution in [3.05, 3.63) is 70.0 Å². The second-order valence-corrected chi connectivity index (χ2v) is 7.65. The summed E-state index contributed by atoms with van der Waals surface area (Å²) in [5.41, 5.74) is 3.13. The van der Waals surface area contributed by atoms with Crippen LogP contribution >= 0.6 is 0 Å². The van der Waals surface area contributed by atoms with E-state index in [1.807, 2.05) is 24.3 Å². The fourth-order valence-electron chi connectivity index (χ4n) is 4.15. The molecule has 1 aliphatic carbocycles. The summed E-state index contributed by atoms with van der Waals surface area (Å²) in [6, 6.07) is 12.8. The molecule has 6 nitrogen and oxygen atoms in total. The molecule has 2 amide bonds. The first kappa shape index (κ1) is 16.7. The van der Waals surface area contributed by atoms with E-state index in [1.165, 1.54) is 11.8 Å². The number of aromatic amines is 1. The summed E-state index contributed by atoms with van der Waals surface area (Å²) in [6.07, 6.45) is 3.61. The number of nitrogens with zero attached hydrogens (tertiary/aromatic N) is 1. The molecule has 0 unspecified atom stereocenters. The highest BCUT2D eigenvalue weighted by atomic mass is 16.2. The molecular formula is C22H19N3O3. The minimum atomic E-state index is -0.472. The normalized spacial score (nSPS) is 16.2. The molecule has 0 radical (unpaired) electrons. The van der Waals surface area contributed by atoms with Gasteiger partial charge in [0.2, 0.25) is 11.3 Å². The van der Waals surface area contributed by atoms with E-state index < -0.39 is 5.91 Å². The van der Waals surface area contributed by atoms with Gasteiger partial charge in [0.15, 0.2) is 0 Å². The maximum absolute atomic E-state index is 12.7. The maximum Gasteiger partial charge on any atom is 0.261 e. The second-order valence-electron chi connectivity index (χ2n) is 7.65. The molecule has 2 aromatic carbocycles. The fraction of sp³-hybridized carbons (Fsp3) is 0.227. The molecule has 140 valence electrons. The first-order chi connectivity index (χ1) is 13.5. The third-order valence-electron chi connectivity index (χ3n) is 5.85. The Labute approximate surface area is 161 Å². The van der Waals surface area contributed by atoms with Gasteiger partial charge in [0.05, 0.1) is 0 Å². The van der Waals surface area contributed by atoms with Gasteiger partial charge >= 0.3 is 0 Å². The monoisotopic (exact) mass is 373 g/mol. The van der Waals surface area contributed by atoms with Gasteiger partial charge in [-0.15, -0.1) is 0 Å². The van der Waals surface area contributed by atoms with Gasteiger partial charge in [0.25, 0.3) is 5.91 Å². The molecule has 2 aliphatic rings. The standard InChI is InChI=1S/C22H19N3O3/c1-13(26)25-12-22(8-9-22)17-7-6-14(10-19(17)25)24-21(28)16-11-23-18-5-3-2-4-15(18)20(16)27/h2-7,10-11H,8-9,12H2,1H3,(H,23,27)(H,24,28). The second kappa shape index (κ2) is 5.79. The number of pyridine rings is 1. The number of amides is 2. The molecule has 6 heteroatoms. The van der Waals surface area contributed by atoms with Crippen LogP contribution in [0.2, 0.25) is 0 Å². The molecule has 5 rings (SSSR count). The van der Waals surface area contributed by atoms with Crippen molar-refractivity contribution in [2.75, 3.05) is 16.8 Å². The zero-order valence-electron chi connectivity index (χ0n) is 15.4. The van der Waals surface area contributed by atoms with Gasteiger partial charge < -0.3 is 15.2 Å². The number of aromatic nitrogens is 1. The number of anilines is 2. The summed E-state index contributed by atoms with van der Waals surface area (Å²) in [5.74, 6) is -0.472. The SMILES string of the molecule is CC(=O)N1CC2(CC2)c2ccc(NC(=O)c3c[nH]c4ccccc4c3=O)cc21. The van der Waals surface area contributed by atoms with Crippen molar-refractivity contribution in [3.63, 3.8) is 0 Å². The van der Waals surface area contributed by atoms with Gasteiger partial charge in [0.1, 0.15) is 5.56 Å². The Morgan fingerprint density at radius 2 is 1.93 bits per heavy atom. The highest BCUT2D eigenvalue weighted by molar-refractivity contribution is 6.06. The molecule has 3 aromatic rings. The van der Waals surface area contributed by atoms with Gasteiger partial charge in [0, 0.05) is 47.4 Å². The van der Waals surface area contributed by atoms with E-state index in [-0.39, 0.29) is 22.3 Å². The number of rotatable bonds is 2. The first-order valence-corrected chi connectivity index (χ1v) is 9.33. The summed E-state index contributed by atoms with van der Waals surface area (Å²) in [5, 5.41) is 3.28. The van der Waals surface area contributed by atoms with Gasteiger partial charge in [-0.25, -0.2) is 0 Å². The molecule has 2 N–H and O–H groups in total. The largest absolute Gasteiger partial charge is 0.360 e. The van der Waals surface area contributed by atoms with Crippen LogP contribution in [0.1, 0.15) is 35.7 Å². The van der Waals surface area contributed by atoms with Crippen LogP contribution in [0.3, 0.4) is 0 Å². The summed E-state index contributed by atoms with van der Waals surface area (Å²) in [6.45, 7) is 2.27. The fourth-order valence-corrected chi connectivity index (χ4v) is 4.15. The van der Waals surface area contributed by atoms with E-state index in [2.05, 4.69) is 10.3 Å². The molecule has 2 heterocycles. The summed E-state index contributed by atoms with van der Waals surface area (Å²) in [7, 11) is 0. The minimum absolute atomic E-state index is 0.000486. The molecule has 28 heavy (non-hydrogen) atoms. The first-order valence-electron chi connectivity index (χ1n) is 9.33. The Kier molecular flexibility index (Phi) is 3.46. The van der Waals surface area contributed by atoms with Crippen LogP contribution in [-0.2, 0) is 10.2 Å². The van der Waals surface area contributed by atoms with Crippen LogP contribution < -0.4 is 15.6 Å². The molecular weight excluding hydrogens is 354 g/mol. The lowest BCUT2D eigenvalue weighted by Gasteiger charge is -2.16. The number of carbonyl (C=O) groups is 2. The van der Waals surface area contributed by atoms with Crippen LogP contribution in [-0.4, -0.2) is 23.3 Å². The molecule has 0 atom stereocenters. The van der Waals surface area contributed by atoms with Gasteiger partial charge in [-0.05, 0) is 42.7 Å². The predicted molar refractivity (Wildman–Crippen MR) is 108 cm³/mol. The number of H-pyrrole nitrogens is 1. The number of hydrogen-bond donors (Lipinski definition) is 2. The van der Waals surface area contributed by atoms with Gasteiger partial charge in [-0.1, -0.05) is 18.2 Å². The third-order valence-corrected chi connectivity index (χ3v) is 5.85. The van der Waals surface area contributed by atoms with Crippen molar-refractivity contribution in [1.82, 2.24) is 4.98 Å². The summed E-state index contributed by atoms with van der Waals surface area (Å²) < 4.78 is 0. The quantitative estimate of drug-likeness (QED) is 0.724. The van der Waals surface area contributed by atoms with E-state index >= 15 is 0 Å². The van der Waals surface area contributed by atoms with Gasteiger partial charge in [-0.2, -0.15) is 0 Å². The van der Waals surface area contributed by atoms with Crippen LogP contribution in [0.15, 0.2) is 53.5 Å². The van der Waals surface area contributed by atoms with Crippen LogP contribution in [0, 0.1) is 0 Å². The molecule has 1 aromatic heterocycles. The van der Waals surface area contributed by atoms with Crippen LogP contribution in [0.25, 0.3) is 10.9 Å². The highest BCUT2D eigenvalue weighted by Gasteiger charge is 2.52. The van der Waals surface area contributed by atoms with E-state index in [9.17, 15) is 14.4 Å². The molecule has 1 aliphatic heterocycles. The molecule has 1 spiro atoms. The Balaban J connectivity index is 1.48. The lowest BCUT2D eigenvalue weighted by atomic mass is 9.98. The average Bonchev–Trinajstić information content (AvgIpc) is 3.39. The third kappa shape index (κ3) is 2.45. The number of benzene rings is 2. The molecule has 0 bridgehead atoms. The molecule has 1 saturated carbocycles. The number of para-hydroxylation sites is 1. The number of carbonyl (C=O) groups excluding carboxylic acids is 2. The number of nitrogens with one attached hydrogen (secondary N) is 2. The Hall–Kier alpha value is -3.41. The van der Waals surface area contributed by atoms with Crippen molar-refractivity contribution in [3.8, 4) is 0 Å². The van der Waals surface area contributed by atoms with Crippen LogP contribution in [0.4, 0.5) is 11.4 Å². The maximum atomic E-state index is 12.7. The number of fused-ring (bicyclic) bond motifs is 3. The Bertz CT molecular complexity index is 1210. The van der Waals surface area contributed by atoms with Gasteiger partial charge in [-0.3, -0.25) is 14.4 Å². The molecule has 1 fully saturated rings. The zero-order valence-corrected chi connectivity index (χ0v) is 15.4. The zero-order chi connectivity index (χ0) is 19.5. The van der Waals surface area contributed by atoms with Crippen LogP contribution in [0.5, 0.6) is 0 Å². The topological polar surface area (TPSA) is 82.3 Å². The van der Waals surface area contributed by atoms with Crippen molar-refractivity contribution in [1.29, 1.82) is 0 Å². The number of hydrogen-bond acceptors (Lipinski definition) is 3. The van der Waals surface area contributed by atoms with Crippen molar-refractivity contribution in [2.45, 2.75) is 25.2 Å². The minimum Gasteiger partial charge on any atom is -0.360 e. The summed E-state index contributed by atoms with van der Waals surface area (Å²) in [4.78, 5) is 42.2.